The standard InChI is InChI=1S/C17H24N2O7/c1-18-14(20)9-19-15(21)10-26-16(22)6-5-11-7-12(23-2)17(25-4)13(8-11)24-3/h7-8H,5-6,9-10H2,1-4H3,(H,18,20)(H,19,21). The number of carbonyl (C=O) groups excluding carboxylic acids is 3. The summed E-state index contributed by atoms with van der Waals surface area (Å²) in [5.74, 6) is 0.0253. The van der Waals surface area contributed by atoms with E-state index in [1.54, 1.807) is 12.1 Å². The summed E-state index contributed by atoms with van der Waals surface area (Å²) in [5, 5.41) is 4.69. The predicted molar refractivity (Wildman–Crippen MR) is 92.5 cm³/mol. The Bertz CT molecular complexity index is 621. The molecule has 0 aliphatic heterocycles. The minimum atomic E-state index is -0.547. The van der Waals surface area contributed by atoms with Crippen LogP contribution in [0.25, 0.3) is 0 Å². The van der Waals surface area contributed by atoms with Crippen molar-refractivity contribution in [2.24, 2.45) is 0 Å². The molecule has 144 valence electrons. The highest BCUT2D eigenvalue weighted by Gasteiger charge is 2.14. The Labute approximate surface area is 151 Å². The molecule has 0 unspecified atom stereocenters. The van der Waals surface area contributed by atoms with E-state index in [0.29, 0.717) is 23.7 Å². The lowest BCUT2D eigenvalue weighted by molar-refractivity contribution is -0.148. The van der Waals surface area contributed by atoms with E-state index in [1.807, 2.05) is 0 Å². The van der Waals surface area contributed by atoms with Crippen LogP contribution in [0.5, 0.6) is 17.2 Å². The molecule has 0 fully saturated rings. The third-order valence-electron chi connectivity index (χ3n) is 3.43. The monoisotopic (exact) mass is 368 g/mol. The molecule has 0 saturated carbocycles. The van der Waals surface area contributed by atoms with E-state index in [4.69, 9.17) is 18.9 Å². The highest BCUT2D eigenvalue weighted by molar-refractivity contribution is 5.86. The van der Waals surface area contributed by atoms with Crippen LogP contribution < -0.4 is 24.8 Å². The summed E-state index contributed by atoms with van der Waals surface area (Å²) < 4.78 is 20.6. The molecule has 0 bridgehead atoms. The van der Waals surface area contributed by atoms with Crippen molar-refractivity contribution in [2.45, 2.75) is 12.8 Å². The average molecular weight is 368 g/mol. The Morgan fingerprint density at radius 2 is 1.58 bits per heavy atom. The second-order valence-electron chi connectivity index (χ2n) is 5.14. The van der Waals surface area contributed by atoms with Gasteiger partial charge in [0, 0.05) is 13.5 Å². The topological polar surface area (TPSA) is 112 Å². The van der Waals surface area contributed by atoms with Gasteiger partial charge in [0.25, 0.3) is 5.91 Å². The van der Waals surface area contributed by atoms with Crippen molar-refractivity contribution < 1.29 is 33.3 Å². The maximum absolute atomic E-state index is 11.8. The Balaban J connectivity index is 2.52. The van der Waals surface area contributed by atoms with Gasteiger partial charge >= 0.3 is 5.97 Å². The fourth-order valence-electron chi connectivity index (χ4n) is 2.06. The summed E-state index contributed by atoms with van der Waals surface area (Å²) >= 11 is 0. The van der Waals surface area contributed by atoms with Gasteiger partial charge in [-0.15, -0.1) is 0 Å². The van der Waals surface area contributed by atoms with Crippen molar-refractivity contribution in [1.82, 2.24) is 10.6 Å². The largest absolute Gasteiger partial charge is 0.493 e. The van der Waals surface area contributed by atoms with Gasteiger partial charge in [0.05, 0.1) is 27.9 Å². The molecule has 0 radical (unpaired) electrons. The minimum Gasteiger partial charge on any atom is -0.493 e. The molecule has 0 aliphatic rings. The number of hydrogen-bond donors (Lipinski definition) is 2. The van der Waals surface area contributed by atoms with Crippen LogP contribution in [0.4, 0.5) is 0 Å². The average Bonchev–Trinajstić information content (AvgIpc) is 2.67. The van der Waals surface area contributed by atoms with Gasteiger partial charge in [-0.2, -0.15) is 0 Å². The van der Waals surface area contributed by atoms with Crippen molar-refractivity contribution in [3.8, 4) is 17.2 Å². The molecule has 9 nitrogen and oxygen atoms in total. The van der Waals surface area contributed by atoms with E-state index in [2.05, 4.69) is 10.6 Å². The lowest BCUT2D eigenvalue weighted by Gasteiger charge is -2.14. The third kappa shape index (κ3) is 6.50. The lowest BCUT2D eigenvalue weighted by Crippen LogP contribution is -2.37. The maximum Gasteiger partial charge on any atom is 0.306 e. The number of carbonyl (C=O) groups is 3. The molecule has 2 N–H and O–H groups in total. The molecular weight excluding hydrogens is 344 g/mol. The van der Waals surface area contributed by atoms with E-state index in [1.165, 1.54) is 28.4 Å². The Hall–Kier alpha value is -2.97. The van der Waals surface area contributed by atoms with Gasteiger partial charge in [0.1, 0.15) is 0 Å². The predicted octanol–water partition coefficient (Wildman–Crippen LogP) is 0.0504. The van der Waals surface area contributed by atoms with Crippen molar-refractivity contribution in [3.05, 3.63) is 17.7 Å². The van der Waals surface area contributed by atoms with Crippen LogP contribution in [0.3, 0.4) is 0 Å². The van der Waals surface area contributed by atoms with Crippen molar-refractivity contribution >= 4 is 17.8 Å². The fourth-order valence-corrected chi connectivity index (χ4v) is 2.06. The molecule has 1 aromatic rings. The number of rotatable bonds is 10. The SMILES string of the molecule is CNC(=O)CNC(=O)COC(=O)CCc1cc(OC)c(OC)c(OC)c1. The zero-order valence-corrected chi connectivity index (χ0v) is 15.3. The van der Waals surface area contributed by atoms with Gasteiger partial charge in [-0.1, -0.05) is 0 Å². The van der Waals surface area contributed by atoms with E-state index >= 15 is 0 Å². The smallest absolute Gasteiger partial charge is 0.306 e. The minimum absolute atomic E-state index is 0.0708. The van der Waals surface area contributed by atoms with Crippen LogP contribution in [-0.2, 0) is 25.5 Å². The first-order valence-electron chi connectivity index (χ1n) is 7.86. The molecule has 9 heteroatoms. The highest BCUT2D eigenvalue weighted by atomic mass is 16.5. The first kappa shape index (κ1) is 21.1. The number of likely N-dealkylation sites (N-methyl/N-ethyl adjacent to an activating group) is 1. The molecule has 0 heterocycles. The first-order valence-corrected chi connectivity index (χ1v) is 7.86. The number of benzene rings is 1. The van der Waals surface area contributed by atoms with Gasteiger partial charge in [-0.25, -0.2) is 0 Å². The third-order valence-corrected chi connectivity index (χ3v) is 3.43. The van der Waals surface area contributed by atoms with Gasteiger partial charge in [-0.05, 0) is 24.1 Å². The number of hydrogen-bond acceptors (Lipinski definition) is 7. The van der Waals surface area contributed by atoms with E-state index < -0.39 is 18.5 Å². The van der Waals surface area contributed by atoms with E-state index in [-0.39, 0.29) is 18.9 Å². The second-order valence-corrected chi connectivity index (χ2v) is 5.14. The summed E-state index contributed by atoms with van der Waals surface area (Å²) in [6, 6.07) is 3.48. The number of esters is 1. The van der Waals surface area contributed by atoms with E-state index in [9.17, 15) is 14.4 Å². The molecule has 0 atom stereocenters. The second kappa shape index (κ2) is 10.8. The molecule has 0 aromatic heterocycles. The summed E-state index contributed by atoms with van der Waals surface area (Å²) in [6.45, 7) is -0.608. The quantitative estimate of drug-likeness (QED) is 0.561. The summed E-state index contributed by atoms with van der Waals surface area (Å²) in [4.78, 5) is 34.2. The molecule has 1 aromatic carbocycles. The zero-order valence-electron chi connectivity index (χ0n) is 15.3. The summed E-state index contributed by atoms with van der Waals surface area (Å²) in [6.07, 6.45) is 0.441. The fraction of sp³-hybridized carbons (Fsp3) is 0.471. The van der Waals surface area contributed by atoms with E-state index in [0.717, 1.165) is 5.56 Å². The molecule has 1 rings (SSSR count). The number of aryl methyl sites for hydroxylation is 1. The highest BCUT2D eigenvalue weighted by Crippen LogP contribution is 2.38. The van der Waals surface area contributed by atoms with Crippen LogP contribution in [-0.4, -0.2) is 59.3 Å². The molecule has 2 amide bonds. The number of nitrogens with one attached hydrogen (secondary N) is 2. The first-order chi connectivity index (χ1) is 12.4. The summed E-state index contributed by atoms with van der Waals surface area (Å²) in [5.41, 5.74) is 0.792. The number of ether oxygens (including phenoxy) is 4. The summed E-state index contributed by atoms with van der Waals surface area (Å²) in [7, 11) is 5.98. The molecule has 0 spiro atoms. The van der Waals surface area contributed by atoms with Gasteiger partial charge in [0.15, 0.2) is 18.1 Å². The normalized spacial score (nSPS) is 9.85. The van der Waals surface area contributed by atoms with Crippen LogP contribution >= 0.6 is 0 Å². The van der Waals surface area contributed by atoms with Gasteiger partial charge in [-0.3, -0.25) is 14.4 Å². The Morgan fingerprint density at radius 3 is 2.08 bits per heavy atom. The molecule has 26 heavy (non-hydrogen) atoms. The Kier molecular flexibility index (Phi) is 8.76. The number of methoxy groups -OCH3 is 3. The zero-order chi connectivity index (χ0) is 19.5. The van der Waals surface area contributed by atoms with Crippen molar-refractivity contribution in [3.63, 3.8) is 0 Å². The lowest BCUT2D eigenvalue weighted by atomic mass is 10.1. The Morgan fingerprint density at radius 1 is 0.962 bits per heavy atom. The van der Waals surface area contributed by atoms with Crippen LogP contribution in [0.2, 0.25) is 0 Å². The molecule has 0 saturated heterocycles. The van der Waals surface area contributed by atoms with Crippen LogP contribution in [0.15, 0.2) is 12.1 Å². The molecular formula is C17H24N2O7. The number of amides is 2. The van der Waals surface area contributed by atoms with Crippen molar-refractivity contribution in [1.29, 1.82) is 0 Å². The van der Waals surface area contributed by atoms with Gasteiger partial charge < -0.3 is 29.6 Å². The molecule has 0 aliphatic carbocycles. The van der Waals surface area contributed by atoms with Crippen molar-refractivity contribution in [2.75, 3.05) is 41.5 Å². The van der Waals surface area contributed by atoms with Crippen LogP contribution in [0.1, 0.15) is 12.0 Å². The van der Waals surface area contributed by atoms with Gasteiger partial charge in [0.2, 0.25) is 11.7 Å². The maximum atomic E-state index is 11.8. The van der Waals surface area contributed by atoms with Crippen LogP contribution in [0, 0.1) is 0 Å².